The third kappa shape index (κ3) is 5.14. The van der Waals surface area contributed by atoms with Gasteiger partial charge in [-0.1, -0.05) is 29.0 Å². The maximum atomic E-state index is 14.0. The molecule has 0 unspecified atom stereocenters. The van der Waals surface area contributed by atoms with Crippen molar-refractivity contribution in [3.8, 4) is 16.2 Å². The Kier molecular flexibility index (Phi) is 6.79. The Morgan fingerprint density at radius 1 is 1.19 bits per heavy atom. The molecule has 2 aromatic rings. The number of rotatable bonds is 9. The average molecular weight is 504 g/mol. The van der Waals surface area contributed by atoms with E-state index in [1.807, 2.05) is 48.2 Å². The van der Waals surface area contributed by atoms with E-state index in [9.17, 15) is 4.79 Å². The molecule has 2 aliphatic carbocycles. The van der Waals surface area contributed by atoms with Gasteiger partial charge >= 0.3 is 0 Å². The number of anilines is 1. The monoisotopic (exact) mass is 503 g/mol. The summed E-state index contributed by atoms with van der Waals surface area (Å²) in [7, 11) is 5.56. The van der Waals surface area contributed by atoms with E-state index in [1.54, 1.807) is 7.11 Å². The van der Waals surface area contributed by atoms with Crippen LogP contribution in [-0.4, -0.2) is 61.6 Å². The average Bonchev–Trinajstić information content (AvgIpc) is 3.42. The standard InChI is InChI=1S/C28H33N5O2S/c1-17-13-22-23(14-18(17)2)30-24(29-22)11-12-33(16-19-9-10-19)27(34)25-26(36-28(31-25)32(3)4)20-7-6-8-21(15-20)35-5/h6-8,13,15,19H,9-12,14,16H2,1-5H3. The summed E-state index contributed by atoms with van der Waals surface area (Å²) < 4.78 is 5.43. The summed E-state index contributed by atoms with van der Waals surface area (Å²) in [6.07, 6.45) is 5.96. The number of hydrogen-bond donors (Lipinski definition) is 0. The summed E-state index contributed by atoms with van der Waals surface area (Å²) in [6.45, 7) is 5.60. The van der Waals surface area contributed by atoms with Gasteiger partial charge in [0.2, 0.25) is 0 Å². The van der Waals surface area contributed by atoms with Crippen LogP contribution in [0.15, 0.2) is 57.2 Å². The lowest BCUT2D eigenvalue weighted by molar-refractivity contribution is 0.0748. The van der Waals surface area contributed by atoms with Gasteiger partial charge in [-0.15, -0.1) is 0 Å². The first-order chi connectivity index (χ1) is 17.3. The Hall–Kier alpha value is -3.26. The molecule has 0 radical (unpaired) electrons. The molecule has 1 aromatic carbocycles. The Bertz CT molecular complexity index is 1310. The lowest BCUT2D eigenvalue weighted by atomic mass is 9.97. The van der Waals surface area contributed by atoms with E-state index < -0.39 is 0 Å². The molecule has 0 N–H and O–H groups in total. The number of allylic oxidation sites excluding steroid dienone is 4. The second-order valence-electron chi connectivity index (χ2n) is 10.0. The van der Waals surface area contributed by atoms with E-state index in [2.05, 4.69) is 19.9 Å². The molecular formula is C28H33N5O2S. The van der Waals surface area contributed by atoms with Crippen molar-refractivity contribution in [2.24, 2.45) is 15.9 Å². The Morgan fingerprint density at radius 3 is 2.72 bits per heavy atom. The van der Waals surface area contributed by atoms with Crippen molar-refractivity contribution < 1.29 is 9.53 Å². The van der Waals surface area contributed by atoms with Crippen LogP contribution in [0.2, 0.25) is 0 Å². The smallest absolute Gasteiger partial charge is 0.274 e. The van der Waals surface area contributed by atoms with Gasteiger partial charge in [0, 0.05) is 40.0 Å². The number of fused-ring (bicyclic) bond motifs is 1. The van der Waals surface area contributed by atoms with Gasteiger partial charge in [-0.05, 0) is 62.0 Å². The van der Waals surface area contributed by atoms with Gasteiger partial charge in [0.05, 0.1) is 23.4 Å². The minimum atomic E-state index is -0.0275. The molecule has 3 aliphatic rings. The van der Waals surface area contributed by atoms with E-state index in [0.29, 0.717) is 24.6 Å². The highest BCUT2D eigenvalue weighted by Crippen LogP contribution is 2.37. The molecule has 1 amide bonds. The van der Waals surface area contributed by atoms with E-state index in [4.69, 9.17) is 19.7 Å². The number of methoxy groups -OCH3 is 1. The van der Waals surface area contributed by atoms with E-state index in [1.165, 1.54) is 35.3 Å². The summed E-state index contributed by atoms with van der Waals surface area (Å²) >= 11 is 1.53. The molecule has 1 aromatic heterocycles. The summed E-state index contributed by atoms with van der Waals surface area (Å²) in [6, 6.07) is 7.83. The van der Waals surface area contributed by atoms with Crippen LogP contribution in [0.4, 0.5) is 5.13 Å². The predicted octanol–water partition coefficient (Wildman–Crippen LogP) is 5.60. The van der Waals surface area contributed by atoms with Crippen molar-refractivity contribution in [2.75, 3.05) is 39.2 Å². The zero-order valence-electron chi connectivity index (χ0n) is 21.7. The first kappa shape index (κ1) is 24.4. The molecule has 5 rings (SSSR count). The topological polar surface area (TPSA) is 70.4 Å². The van der Waals surface area contributed by atoms with Crippen LogP contribution in [0.25, 0.3) is 10.4 Å². The maximum Gasteiger partial charge on any atom is 0.274 e. The summed E-state index contributed by atoms with van der Waals surface area (Å²) in [4.78, 5) is 33.1. The first-order valence-electron chi connectivity index (χ1n) is 12.5. The van der Waals surface area contributed by atoms with Crippen molar-refractivity contribution >= 4 is 33.9 Å². The lowest BCUT2D eigenvalue weighted by Gasteiger charge is -2.22. The van der Waals surface area contributed by atoms with Crippen LogP contribution in [0.5, 0.6) is 5.75 Å². The van der Waals surface area contributed by atoms with Crippen molar-refractivity contribution in [2.45, 2.75) is 39.5 Å². The zero-order chi connectivity index (χ0) is 25.4. The zero-order valence-corrected chi connectivity index (χ0v) is 22.5. The van der Waals surface area contributed by atoms with Crippen LogP contribution in [0, 0.1) is 5.92 Å². The molecule has 2 heterocycles. The molecule has 36 heavy (non-hydrogen) atoms. The number of benzene rings is 1. The highest BCUT2D eigenvalue weighted by molar-refractivity contribution is 7.19. The molecule has 0 bridgehead atoms. The molecular weight excluding hydrogens is 470 g/mol. The molecule has 8 heteroatoms. The Labute approximate surface area is 216 Å². The van der Waals surface area contributed by atoms with Crippen molar-refractivity contribution in [3.63, 3.8) is 0 Å². The van der Waals surface area contributed by atoms with Crippen LogP contribution >= 0.6 is 11.3 Å². The third-order valence-corrected chi connectivity index (χ3v) is 8.14. The summed E-state index contributed by atoms with van der Waals surface area (Å²) in [5.74, 6) is 2.11. The molecule has 1 aliphatic heterocycles. The lowest BCUT2D eigenvalue weighted by Crippen LogP contribution is -2.35. The number of carbonyl (C=O) groups excluding carboxylic acids is 1. The van der Waals surface area contributed by atoms with Crippen LogP contribution in [-0.2, 0) is 0 Å². The first-order valence-corrected chi connectivity index (χ1v) is 13.3. The summed E-state index contributed by atoms with van der Waals surface area (Å²) in [5.41, 5.74) is 6.07. The number of hydrogen-bond acceptors (Lipinski definition) is 7. The molecule has 0 atom stereocenters. The highest BCUT2D eigenvalue weighted by atomic mass is 32.1. The SMILES string of the molecule is COc1cccc(-c2sc(N(C)C)nc2C(=O)N(CCC2=NC3=CC(C)=C(C)CC3=N2)CC2CC2)c1. The van der Waals surface area contributed by atoms with Crippen molar-refractivity contribution in [1.82, 2.24) is 9.88 Å². The number of ether oxygens (including phenoxy) is 1. The van der Waals surface area contributed by atoms with Crippen molar-refractivity contribution in [3.05, 3.63) is 52.9 Å². The normalized spacial score (nSPS) is 16.9. The molecule has 0 spiro atoms. The van der Waals surface area contributed by atoms with E-state index in [0.717, 1.165) is 51.5 Å². The number of carbonyl (C=O) groups is 1. The fourth-order valence-corrected chi connectivity index (χ4v) is 5.37. The number of thiazole rings is 1. The molecule has 7 nitrogen and oxygen atoms in total. The van der Waals surface area contributed by atoms with Gasteiger partial charge < -0.3 is 14.5 Å². The molecule has 0 saturated heterocycles. The number of amides is 1. The minimum Gasteiger partial charge on any atom is -0.497 e. The fourth-order valence-electron chi connectivity index (χ4n) is 4.40. The van der Waals surface area contributed by atoms with Crippen LogP contribution < -0.4 is 9.64 Å². The van der Waals surface area contributed by atoms with Gasteiger partial charge in [0.15, 0.2) is 5.13 Å². The third-order valence-electron chi connectivity index (χ3n) is 6.87. The van der Waals surface area contributed by atoms with Gasteiger partial charge in [-0.2, -0.15) is 0 Å². The second-order valence-corrected chi connectivity index (χ2v) is 11.0. The number of aromatic nitrogens is 1. The minimum absolute atomic E-state index is 0.0275. The van der Waals surface area contributed by atoms with Crippen LogP contribution in [0.3, 0.4) is 0 Å². The summed E-state index contributed by atoms with van der Waals surface area (Å²) in [5, 5.41) is 0.809. The maximum absolute atomic E-state index is 14.0. The largest absolute Gasteiger partial charge is 0.497 e. The van der Waals surface area contributed by atoms with Gasteiger partial charge in [-0.25, -0.2) is 15.0 Å². The van der Waals surface area contributed by atoms with Gasteiger partial charge in [-0.3, -0.25) is 4.79 Å². The molecule has 1 fully saturated rings. The molecule has 1 saturated carbocycles. The number of nitrogens with zero attached hydrogens (tertiary/aromatic N) is 5. The van der Waals surface area contributed by atoms with Crippen molar-refractivity contribution in [1.29, 1.82) is 0 Å². The predicted molar refractivity (Wildman–Crippen MR) is 148 cm³/mol. The van der Waals surface area contributed by atoms with E-state index in [-0.39, 0.29) is 5.91 Å². The highest BCUT2D eigenvalue weighted by Gasteiger charge is 2.31. The fraction of sp³-hybridized carbons (Fsp3) is 0.429. The van der Waals surface area contributed by atoms with Crippen LogP contribution in [0.1, 0.15) is 50.0 Å². The van der Waals surface area contributed by atoms with Gasteiger partial charge in [0.1, 0.15) is 17.3 Å². The Balaban J connectivity index is 1.40. The van der Waals surface area contributed by atoms with E-state index >= 15 is 0 Å². The molecule has 188 valence electrons. The van der Waals surface area contributed by atoms with Gasteiger partial charge in [0.25, 0.3) is 5.91 Å². The second kappa shape index (κ2) is 10.0. The Morgan fingerprint density at radius 2 is 2.00 bits per heavy atom. The number of amidine groups is 1. The number of aliphatic imine (C=N–C) groups is 2. The quantitative estimate of drug-likeness (QED) is 0.446.